The normalized spacial score (nSPS) is 14.2. The number of sulfonamides is 1. The van der Waals surface area contributed by atoms with Crippen molar-refractivity contribution >= 4 is 15.9 Å². The predicted molar refractivity (Wildman–Crippen MR) is 106 cm³/mol. The van der Waals surface area contributed by atoms with Gasteiger partial charge in [-0.3, -0.25) is 4.79 Å². The van der Waals surface area contributed by atoms with Crippen LogP contribution in [-0.2, 0) is 23.0 Å². The van der Waals surface area contributed by atoms with E-state index in [1.807, 2.05) is 18.2 Å². The van der Waals surface area contributed by atoms with Crippen LogP contribution < -0.4 is 14.8 Å². The maximum atomic E-state index is 12.7. The number of nitrogens with one attached hydrogen (secondary N) is 1. The average molecular weight is 404 g/mol. The van der Waals surface area contributed by atoms with Crippen molar-refractivity contribution in [2.75, 3.05) is 33.1 Å². The highest BCUT2D eigenvalue weighted by Gasteiger charge is 2.27. The van der Waals surface area contributed by atoms with Crippen LogP contribution in [0.5, 0.6) is 11.5 Å². The highest BCUT2D eigenvalue weighted by molar-refractivity contribution is 7.89. The molecule has 0 aliphatic carbocycles. The van der Waals surface area contributed by atoms with Gasteiger partial charge >= 0.3 is 0 Å². The van der Waals surface area contributed by atoms with Gasteiger partial charge in [0.1, 0.15) is 0 Å². The smallest absolute Gasteiger partial charge is 0.251 e. The van der Waals surface area contributed by atoms with E-state index in [-0.39, 0.29) is 24.7 Å². The first-order chi connectivity index (χ1) is 13.4. The summed E-state index contributed by atoms with van der Waals surface area (Å²) in [7, 11) is -0.363. The summed E-state index contributed by atoms with van der Waals surface area (Å²) in [5, 5.41) is 2.67. The van der Waals surface area contributed by atoms with Crippen molar-refractivity contribution in [2.45, 2.75) is 13.0 Å². The van der Waals surface area contributed by atoms with Crippen LogP contribution in [0.3, 0.4) is 0 Å². The number of methoxy groups -OCH3 is 2. The fourth-order valence-electron chi connectivity index (χ4n) is 3.21. The van der Waals surface area contributed by atoms with E-state index in [9.17, 15) is 13.2 Å². The Morgan fingerprint density at radius 2 is 1.71 bits per heavy atom. The van der Waals surface area contributed by atoms with Crippen molar-refractivity contribution in [3.8, 4) is 11.5 Å². The molecule has 0 unspecified atom stereocenters. The fourth-order valence-corrected chi connectivity index (χ4v) is 4.53. The van der Waals surface area contributed by atoms with Crippen LogP contribution in [0.15, 0.2) is 42.5 Å². The Labute approximate surface area is 165 Å². The van der Waals surface area contributed by atoms with Gasteiger partial charge in [-0.1, -0.05) is 18.2 Å². The molecular weight excluding hydrogens is 380 g/mol. The van der Waals surface area contributed by atoms with E-state index in [4.69, 9.17) is 9.47 Å². The molecule has 1 heterocycles. The van der Waals surface area contributed by atoms with Crippen LogP contribution in [0.25, 0.3) is 0 Å². The molecule has 1 aliphatic rings. The lowest BCUT2D eigenvalue weighted by Gasteiger charge is -2.29. The van der Waals surface area contributed by atoms with E-state index in [2.05, 4.69) is 5.32 Å². The van der Waals surface area contributed by atoms with Crippen LogP contribution in [0.1, 0.15) is 21.5 Å². The van der Waals surface area contributed by atoms with Crippen molar-refractivity contribution in [1.29, 1.82) is 0 Å². The number of rotatable bonds is 7. The Morgan fingerprint density at radius 3 is 2.36 bits per heavy atom. The van der Waals surface area contributed by atoms with Crippen molar-refractivity contribution < 1.29 is 22.7 Å². The first-order valence-electron chi connectivity index (χ1n) is 8.99. The SMILES string of the molecule is COc1cc2c(cc1OC)CN(S(=O)(=O)CCNC(=O)c1ccccc1)CC2. The molecule has 8 heteroatoms. The summed E-state index contributed by atoms with van der Waals surface area (Å²) in [5.41, 5.74) is 2.47. The second-order valence-corrected chi connectivity index (χ2v) is 8.59. The summed E-state index contributed by atoms with van der Waals surface area (Å²) >= 11 is 0. The molecule has 0 saturated heterocycles. The molecule has 2 aromatic carbocycles. The van der Waals surface area contributed by atoms with Crippen molar-refractivity contribution in [3.63, 3.8) is 0 Å². The van der Waals surface area contributed by atoms with Crippen molar-refractivity contribution in [3.05, 3.63) is 59.2 Å². The summed E-state index contributed by atoms with van der Waals surface area (Å²) in [6.07, 6.45) is 0.602. The zero-order chi connectivity index (χ0) is 20.1. The van der Waals surface area contributed by atoms with E-state index in [1.54, 1.807) is 38.5 Å². The highest BCUT2D eigenvalue weighted by atomic mass is 32.2. The second-order valence-electron chi connectivity index (χ2n) is 6.50. The fraction of sp³-hybridized carbons (Fsp3) is 0.350. The first kappa shape index (κ1) is 20.2. The maximum absolute atomic E-state index is 12.7. The Kier molecular flexibility index (Phi) is 6.21. The van der Waals surface area contributed by atoms with E-state index in [1.165, 1.54) is 4.31 Å². The van der Waals surface area contributed by atoms with Gasteiger partial charge in [-0.15, -0.1) is 0 Å². The molecule has 150 valence electrons. The molecule has 0 bridgehead atoms. The zero-order valence-electron chi connectivity index (χ0n) is 16.0. The number of benzene rings is 2. The number of hydrogen-bond donors (Lipinski definition) is 1. The molecule has 0 aromatic heterocycles. The Bertz CT molecular complexity index is 945. The second kappa shape index (κ2) is 8.62. The van der Waals surface area contributed by atoms with Gasteiger partial charge in [0.25, 0.3) is 5.91 Å². The van der Waals surface area contributed by atoms with Crippen LogP contribution in [0.4, 0.5) is 0 Å². The predicted octanol–water partition coefficient (Wildman–Crippen LogP) is 1.82. The summed E-state index contributed by atoms with van der Waals surface area (Å²) in [6.45, 7) is 0.744. The van der Waals surface area contributed by atoms with Gasteiger partial charge in [0.05, 0.1) is 20.0 Å². The van der Waals surface area contributed by atoms with E-state index >= 15 is 0 Å². The number of ether oxygens (including phenoxy) is 2. The van der Waals surface area contributed by atoms with Crippen LogP contribution in [-0.4, -0.2) is 51.7 Å². The number of hydrogen-bond acceptors (Lipinski definition) is 5. The third kappa shape index (κ3) is 4.45. The van der Waals surface area contributed by atoms with Crippen LogP contribution in [0, 0.1) is 0 Å². The first-order valence-corrected chi connectivity index (χ1v) is 10.6. The molecule has 0 radical (unpaired) electrons. The molecule has 0 atom stereocenters. The largest absolute Gasteiger partial charge is 0.493 e. The summed E-state index contributed by atoms with van der Waals surface area (Å²) in [6, 6.07) is 12.4. The van der Waals surface area contributed by atoms with Crippen molar-refractivity contribution in [2.24, 2.45) is 0 Å². The summed E-state index contributed by atoms with van der Waals surface area (Å²) in [4.78, 5) is 12.1. The third-order valence-electron chi connectivity index (χ3n) is 4.76. The molecular formula is C20H24N2O5S. The molecule has 0 spiro atoms. The molecule has 1 amide bonds. The lowest BCUT2D eigenvalue weighted by atomic mass is 10.0. The number of nitrogens with zero attached hydrogens (tertiary/aromatic N) is 1. The van der Waals surface area contributed by atoms with E-state index in [0.29, 0.717) is 30.0 Å². The lowest BCUT2D eigenvalue weighted by Crippen LogP contribution is -2.40. The van der Waals surface area contributed by atoms with Gasteiger partial charge in [-0.25, -0.2) is 8.42 Å². The van der Waals surface area contributed by atoms with Crippen LogP contribution >= 0.6 is 0 Å². The third-order valence-corrected chi connectivity index (χ3v) is 6.58. The minimum atomic E-state index is -3.49. The maximum Gasteiger partial charge on any atom is 0.251 e. The quantitative estimate of drug-likeness (QED) is 0.761. The number of amides is 1. The van der Waals surface area contributed by atoms with Gasteiger partial charge in [0.2, 0.25) is 10.0 Å². The summed E-state index contributed by atoms with van der Waals surface area (Å²) in [5.74, 6) is 0.794. The van der Waals surface area contributed by atoms with E-state index < -0.39 is 10.0 Å². The number of fused-ring (bicyclic) bond motifs is 1. The molecule has 1 aliphatic heterocycles. The molecule has 28 heavy (non-hydrogen) atoms. The lowest BCUT2D eigenvalue weighted by molar-refractivity contribution is 0.0956. The van der Waals surface area contributed by atoms with E-state index in [0.717, 1.165) is 11.1 Å². The molecule has 7 nitrogen and oxygen atoms in total. The van der Waals surface area contributed by atoms with Gasteiger partial charge in [-0.05, 0) is 41.8 Å². The average Bonchev–Trinajstić information content (AvgIpc) is 2.72. The minimum Gasteiger partial charge on any atom is -0.493 e. The van der Waals surface area contributed by atoms with Gasteiger partial charge < -0.3 is 14.8 Å². The summed E-state index contributed by atoms with van der Waals surface area (Å²) < 4.78 is 37.5. The highest BCUT2D eigenvalue weighted by Crippen LogP contribution is 2.33. The number of carbonyl (C=O) groups excluding carboxylic acids is 1. The van der Waals surface area contributed by atoms with Crippen LogP contribution in [0.2, 0.25) is 0 Å². The van der Waals surface area contributed by atoms with Gasteiger partial charge in [0.15, 0.2) is 11.5 Å². The van der Waals surface area contributed by atoms with Gasteiger partial charge in [0, 0.05) is 25.2 Å². The Hall–Kier alpha value is -2.58. The standard InChI is InChI=1S/C20H24N2O5S/c1-26-18-12-16-8-10-22(14-17(16)13-19(18)27-2)28(24,25)11-9-21-20(23)15-6-4-3-5-7-15/h3-7,12-13H,8-11,14H2,1-2H3,(H,21,23). The molecule has 3 rings (SSSR count). The number of carbonyl (C=O) groups is 1. The molecule has 1 N–H and O–H groups in total. The topological polar surface area (TPSA) is 84.9 Å². The molecule has 2 aromatic rings. The molecule has 0 saturated carbocycles. The van der Waals surface area contributed by atoms with Gasteiger partial charge in [-0.2, -0.15) is 4.31 Å². The van der Waals surface area contributed by atoms with Crippen molar-refractivity contribution in [1.82, 2.24) is 9.62 Å². The minimum absolute atomic E-state index is 0.0609. The zero-order valence-corrected chi connectivity index (χ0v) is 16.8. The molecule has 0 fully saturated rings. The monoisotopic (exact) mass is 404 g/mol. The Balaban J connectivity index is 1.63. The Morgan fingerprint density at radius 1 is 1.07 bits per heavy atom.